The molecule has 0 spiro atoms. The predicted octanol–water partition coefficient (Wildman–Crippen LogP) is 5.61. The Morgan fingerprint density at radius 1 is 1.23 bits per heavy atom. The van der Waals surface area contributed by atoms with E-state index < -0.39 is 0 Å². The van der Waals surface area contributed by atoms with Gasteiger partial charge < -0.3 is 9.47 Å². The third kappa shape index (κ3) is 4.69. The van der Waals surface area contributed by atoms with Crippen LogP contribution in [0.2, 0.25) is 0 Å². The number of hydrogen-bond donors (Lipinski definition) is 0. The number of nitrogens with zero attached hydrogens (tertiary/aromatic N) is 4. The number of methoxy groups -OCH3 is 1. The van der Waals surface area contributed by atoms with Crippen molar-refractivity contribution < 1.29 is 9.47 Å². The first-order valence-corrected chi connectivity index (χ1v) is 12.8. The van der Waals surface area contributed by atoms with Gasteiger partial charge in [0, 0.05) is 23.3 Å². The second-order valence-corrected chi connectivity index (χ2v) is 9.94. The summed E-state index contributed by atoms with van der Waals surface area (Å²) < 4.78 is 13.4. The first kappa shape index (κ1) is 20.7. The zero-order valence-electron chi connectivity index (χ0n) is 17.1. The summed E-state index contributed by atoms with van der Waals surface area (Å²) in [6, 6.07) is 12.2. The van der Waals surface area contributed by atoms with Crippen molar-refractivity contribution in [2.45, 2.75) is 36.4 Å². The molecule has 4 aromatic rings. The summed E-state index contributed by atoms with van der Waals surface area (Å²) in [4.78, 5) is 5.95. The van der Waals surface area contributed by atoms with Crippen LogP contribution >= 0.6 is 34.4 Å². The molecule has 160 valence electrons. The molecular weight excluding hydrogens is 448 g/mol. The molecular formula is C22H22N4O2S3. The summed E-state index contributed by atoms with van der Waals surface area (Å²) in [5.74, 6) is 2.50. The van der Waals surface area contributed by atoms with Crippen LogP contribution in [0.4, 0.5) is 0 Å². The Labute approximate surface area is 193 Å². The Morgan fingerprint density at radius 3 is 3.00 bits per heavy atom. The number of thiazole rings is 1. The van der Waals surface area contributed by atoms with Gasteiger partial charge in [0.15, 0.2) is 11.0 Å². The quantitative estimate of drug-likeness (QED) is 0.312. The second-order valence-electron chi connectivity index (χ2n) is 7.19. The van der Waals surface area contributed by atoms with Gasteiger partial charge in [-0.15, -0.1) is 32.9 Å². The first-order chi connectivity index (χ1) is 15.3. The molecule has 1 saturated heterocycles. The van der Waals surface area contributed by atoms with Gasteiger partial charge in [0.2, 0.25) is 0 Å². The minimum atomic E-state index is 0.230. The molecule has 1 aromatic carbocycles. The molecule has 0 unspecified atom stereocenters. The third-order valence-corrected chi connectivity index (χ3v) is 7.89. The second kappa shape index (κ2) is 9.52. The standard InChI is InChI=1S/C22H22N4O2S3/c1-27-17-6-2-5-15(11-17)21-23-16(13-30-21)14-31-22-25-24-20(19-8-4-10-29-19)26(22)12-18-7-3-9-28-18/h2,4-6,8,10-11,13,18H,3,7,9,12,14H2,1H3/t18-/m1/s1. The van der Waals surface area contributed by atoms with E-state index in [1.54, 1.807) is 41.5 Å². The molecule has 1 atom stereocenters. The number of hydrogen-bond acceptors (Lipinski definition) is 8. The molecule has 6 nitrogen and oxygen atoms in total. The summed E-state index contributed by atoms with van der Waals surface area (Å²) in [7, 11) is 1.68. The number of thioether (sulfide) groups is 1. The summed E-state index contributed by atoms with van der Waals surface area (Å²) in [6.07, 6.45) is 2.44. The minimum absolute atomic E-state index is 0.230. The minimum Gasteiger partial charge on any atom is -0.497 e. The molecule has 0 radical (unpaired) electrons. The number of rotatable bonds is 8. The van der Waals surface area contributed by atoms with Gasteiger partial charge in [0.25, 0.3) is 0 Å². The van der Waals surface area contributed by atoms with E-state index in [4.69, 9.17) is 14.5 Å². The van der Waals surface area contributed by atoms with Crippen LogP contribution in [0.3, 0.4) is 0 Å². The maximum Gasteiger partial charge on any atom is 0.191 e. The highest BCUT2D eigenvalue weighted by Crippen LogP contribution is 2.32. The van der Waals surface area contributed by atoms with Crippen LogP contribution in [-0.2, 0) is 17.0 Å². The number of thiophene rings is 1. The molecule has 4 heterocycles. The number of ether oxygens (including phenoxy) is 2. The molecule has 0 bridgehead atoms. The van der Waals surface area contributed by atoms with Gasteiger partial charge in [0.05, 0.1) is 30.3 Å². The average Bonchev–Trinajstić information content (AvgIpc) is 3.60. The maximum atomic E-state index is 5.88. The molecule has 1 aliphatic heterocycles. The van der Waals surface area contributed by atoms with Crippen LogP contribution in [0.5, 0.6) is 5.75 Å². The molecule has 5 rings (SSSR count). The van der Waals surface area contributed by atoms with E-state index in [2.05, 4.69) is 37.7 Å². The van der Waals surface area contributed by atoms with Crippen molar-refractivity contribution in [1.29, 1.82) is 0 Å². The Kier molecular flexibility index (Phi) is 6.35. The van der Waals surface area contributed by atoms with Gasteiger partial charge >= 0.3 is 0 Å². The molecule has 0 aliphatic carbocycles. The van der Waals surface area contributed by atoms with Crippen molar-refractivity contribution >= 4 is 34.4 Å². The molecule has 31 heavy (non-hydrogen) atoms. The topological polar surface area (TPSA) is 62.1 Å². The monoisotopic (exact) mass is 470 g/mol. The van der Waals surface area contributed by atoms with Gasteiger partial charge in [0.1, 0.15) is 10.8 Å². The van der Waals surface area contributed by atoms with E-state index >= 15 is 0 Å². The van der Waals surface area contributed by atoms with Crippen LogP contribution in [0, 0.1) is 0 Å². The average molecular weight is 471 g/mol. The van der Waals surface area contributed by atoms with Gasteiger partial charge in [-0.2, -0.15) is 0 Å². The molecule has 0 amide bonds. The van der Waals surface area contributed by atoms with Crippen molar-refractivity contribution in [3.8, 4) is 27.0 Å². The van der Waals surface area contributed by atoms with Crippen LogP contribution in [0.1, 0.15) is 18.5 Å². The Morgan fingerprint density at radius 2 is 2.19 bits per heavy atom. The SMILES string of the molecule is COc1cccc(-c2nc(CSc3nnc(-c4cccs4)n3C[C@H]3CCCO3)cs2)c1. The predicted molar refractivity (Wildman–Crippen MR) is 126 cm³/mol. The van der Waals surface area contributed by atoms with E-state index in [1.165, 1.54) is 0 Å². The lowest BCUT2D eigenvalue weighted by Crippen LogP contribution is -2.16. The smallest absolute Gasteiger partial charge is 0.191 e. The van der Waals surface area contributed by atoms with Crippen LogP contribution in [0.25, 0.3) is 21.3 Å². The lowest BCUT2D eigenvalue weighted by atomic mass is 10.2. The van der Waals surface area contributed by atoms with E-state index in [1.807, 2.05) is 24.3 Å². The van der Waals surface area contributed by atoms with Crippen LogP contribution in [-0.4, -0.2) is 39.6 Å². The molecule has 1 fully saturated rings. The fraction of sp³-hybridized carbons (Fsp3) is 0.318. The highest BCUT2D eigenvalue weighted by Gasteiger charge is 2.22. The van der Waals surface area contributed by atoms with Crippen molar-refractivity contribution in [3.05, 3.63) is 52.9 Å². The van der Waals surface area contributed by atoms with Crippen molar-refractivity contribution in [3.63, 3.8) is 0 Å². The summed E-state index contributed by atoms with van der Waals surface area (Å²) >= 11 is 5.01. The number of benzene rings is 1. The zero-order chi connectivity index (χ0) is 21.0. The highest BCUT2D eigenvalue weighted by molar-refractivity contribution is 7.98. The fourth-order valence-electron chi connectivity index (χ4n) is 3.54. The van der Waals surface area contributed by atoms with Crippen molar-refractivity contribution in [2.24, 2.45) is 0 Å². The largest absolute Gasteiger partial charge is 0.497 e. The Bertz CT molecular complexity index is 1130. The summed E-state index contributed by atoms with van der Waals surface area (Å²) in [6.45, 7) is 1.63. The molecule has 1 aliphatic rings. The molecule has 9 heteroatoms. The van der Waals surface area contributed by atoms with Crippen molar-refractivity contribution in [1.82, 2.24) is 19.7 Å². The van der Waals surface area contributed by atoms with E-state index in [9.17, 15) is 0 Å². The van der Waals surface area contributed by atoms with Crippen LogP contribution < -0.4 is 4.74 Å². The summed E-state index contributed by atoms with van der Waals surface area (Å²) in [5.41, 5.74) is 2.11. The normalized spacial score (nSPS) is 16.1. The fourth-order valence-corrected chi connectivity index (χ4v) is 6.02. The van der Waals surface area contributed by atoms with Gasteiger partial charge in [-0.05, 0) is 36.4 Å². The van der Waals surface area contributed by atoms with E-state index in [-0.39, 0.29) is 6.10 Å². The lowest BCUT2D eigenvalue weighted by molar-refractivity contribution is 0.0953. The van der Waals surface area contributed by atoms with Gasteiger partial charge in [-0.3, -0.25) is 4.57 Å². The lowest BCUT2D eigenvalue weighted by Gasteiger charge is -2.14. The maximum absolute atomic E-state index is 5.88. The Hall–Kier alpha value is -2.20. The van der Waals surface area contributed by atoms with E-state index in [0.29, 0.717) is 0 Å². The number of aromatic nitrogens is 4. The van der Waals surface area contributed by atoms with E-state index in [0.717, 1.165) is 69.6 Å². The third-order valence-electron chi connectivity index (χ3n) is 5.09. The van der Waals surface area contributed by atoms with Gasteiger partial charge in [-0.25, -0.2) is 4.98 Å². The Balaban J connectivity index is 1.34. The van der Waals surface area contributed by atoms with Crippen LogP contribution in [0.15, 0.2) is 52.3 Å². The highest BCUT2D eigenvalue weighted by atomic mass is 32.2. The molecule has 3 aromatic heterocycles. The molecule has 0 saturated carbocycles. The summed E-state index contributed by atoms with van der Waals surface area (Å²) in [5, 5.41) is 15.1. The zero-order valence-corrected chi connectivity index (χ0v) is 19.5. The van der Waals surface area contributed by atoms with Crippen molar-refractivity contribution in [2.75, 3.05) is 13.7 Å². The van der Waals surface area contributed by atoms with Gasteiger partial charge in [-0.1, -0.05) is 30.0 Å². The first-order valence-electron chi connectivity index (χ1n) is 10.1. The molecule has 0 N–H and O–H groups in total.